The van der Waals surface area contributed by atoms with Crippen molar-refractivity contribution < 1.29 is 9.53 Å². The molecule has 1 aliphatic heterocycles. The van der Waals surface area contributed by atoms with Gasteiger partial charge >= 0.3 is 0 Å². The minimum Gasteiger partial charge on any atom is -0.396 e. The Morgan fingerprint density at radius 3 is 2.89 bits per heavy atom. The first-order valence-electron chi connectivity index (χ1n) is 5.69. The summed E-state index contributed by atoms with van der Waals surface area (Å²) in [7, 11) is 1.68. The Kier molecular flexibility index (Phi) is 3.55. The fraction of sp³-hybridized carbons (Fsp3) is 0.500. The van der Waals surface area contributed by atoms with Crippen LogP contribution in [0.25, 0.3) is 0 Å². The molecule has 2 rings (SSSR count). The number of carbonyl (C=O) groups is 1. The average Bonchev–Trinajstić information content (AvgIpc) is 2.92. The minimum absolute atomic E-state index is 0.0947. The molecule has 0 aromatic carbocycles. The van der Waals surface area contributed by atoms with E-state index in [-0.39, 0.29) is 11.9 Å². The maximum absolute atomic E-state index is 11.5. The molecule has 6 heteroatoms. The summed E-state index contributed by atoms with van der Waals surface area (Å²) in [6.07, 6.45) is 1.11. The Bertz CT molecular complexity index is 518. The molecule has 2 N–H and O–H groups in total. The van der Waals surface area contributed by atoms with Crippen molar-refractivity contribution in [2.24, 2.45) is 0 Å². The zero-order valence-corrected chi connectivity index (χ0v) is 11.2. The molecule has 0 aliphatic carbocycles. The van der Waals surface area contributed by atoms with E-state index in [1.807, 2.05) is 0 Å². The van der Waals surface area contributed by atoms with Crippen LogP contribution in [0.5, 0.6) is 0 Å². The van der Waals surface area contributed by atoms with E-state index in [1.54, 1.807) is 7.11 Å². The van der Waals surface area contributed by atoms with Crippen molar-refractivity contribution in [2.75, 3.05) is 30.8 Å². The van der Waals surface area contributed by atoms with Gasteiger partial charge in [0.1, 0.15) is 16.6 Å². The van der Waals surface area contributed by atoms with Crippen LogP contribution in [0.3, 0.4) is 0 Å². The Labute approximate surface area is 110 Å². The summed E-state index contributed by atoms with van der Waals surface area (Å²) >= 11 is 1.30. The first-order valence-corrected chi connectivity index (χ1v) is 6.51. The number of methoxy groups -OCH3 is 1. The number of nitrogens with zero attached hydrogens (tertiary/aromatic N) is 2. The predicted molar refractivity (Wildman–Crippen MR) is 71.1 cm³/mol. The number of anilines is 2. The van der Waals surface area contributed by atoms with Crippen molar-refractivity contribution in [3.8, 4) is 6.07 Å². The van der Waals surface area contributed by atoms with E-state index < -0.39 is 0 Å². The van der Waals surface area contributed by atoms with Crippen molar-refractivity contribution in [2.45, 2.75) is 19.4 Å². The SMILES string of the molecule is COC1CCN(c2sc(C(C)=O)c(N)c2C#N)C1. The smallest absolute Gasteiger partial charge is 0.171 e. The van der Waals surface area contributed by atoms with Crippen LogP contribution in [-0.4, -0.2) is 32.1 Å². The normalized spacial score (nSPS) is 18.9. The quantitative estimate of drug-likeness (QED) is 0.840. The van der Waals surface area contributed by atoms with E-state index in [0.29, 0.717) is 16.1 Å². The van der Waals surface area contributed by atoms with Gasteiger partial charge in [-0.1, -0.05) is 0 Å². The van der Waals surface area contributed by atoms with Gasteiger partial charge in [0.2, 0.25) is 0 Å². The number of ether oxygens (including phenoxy) is 1. The Morgan fingerprint density at radius 1 is 1.67 bits per heavy atom. The highest BCUT2D eigenvalue weighted by atomic mass is 32.1. The lowest BCUT2D eigenvalue weighted by Gasteiger charge is -2.16. The van der Waals surface area contributed by atoms with Gasteiger partial charge in [0.15, 0.2) is 5.78 Å². The molecule has 1 saturated heterocycles. The summed E-state index contributed by atoms with van der Waals surface area (Å²) in [5, 5.41) is 9.98. The second-order valence-corrected chi connectivity index (χ2v) is 5.28. The standard InChI is InChI=1S/C12H15N3O2S/c1-7(16)11-10(14)9(5-13)12(18-11)15-4-3-8(6-15)17-2/h8H,3-4,6,14H2,1-2H3. The number of carbonyl (C=O) groups excluding carboxylic acids is 1. The topological polar surface area (TPSA) is 79.3 Å². The molecule has 1 atom stereocenters. The molecule has 18 heavy (non-hydrogen) atoms. The van der Waals surface area contributed by atoms with Gasteiger partial charge in [-0.05, 0) is 6.42 Å². The zero-order valence-electron chi connectivity index (χ0n) is 10.4. The molecule has 0 bridgehead atoms. The fourth-order valence-electron chi connectivity index (χ4n) is 2.13. The summed E-state index contributed by atoms with van der Waals surface area (Å²) in [4.78, 5) is 14.0. The largest absolute Gasteiger partial charge is 0.396 e. The number of hydrogen-bond acceptors (Lipinski definition) is 6. The fourth-order valence-corrected chi connectivity index (χ4v) is 3.23. The van der Waals surface area contributed by atoms with E-state index >= 15 is 0 Å². The molecule has 5 nitrogen and oxygen atoms in total. The number of thiophene rings is 1. The molecular weight excluding hydrogens is 250 g/mol. The van der Waals surface area contributed by atoms with Crippen LogP contribution in [0.2, 0.25) is 0 Å². The van der Waals surface area contributed by atoms with Crippen molar-refractivity contribution in [3.05, 3.63) is 10.4 Å². The molecule has 1 aromatic rings. The van der Waals surface area contributed by atoms with Gasteiger partial charge in [0.05, 0.1) is 16.7 Å². The van der Waals surface area contributed by atoms with E-state index in [0.717, 1.165) is 24.5 Å². The summed E-state index contributed by atoms with van der Waals surface area (Å²) in [5.74, 6) is -0.0947. The van der Waals surface area contributed by atoms with Crippen LogP contribution in [0.15, 0.2) is 0 Å². The summed E-state index contributed by atoms with van der Waals surface area (Å²) in [6.45, 7) is 3.03. The highest BCUT2D eigenvalue weighted by Crippen LogP contribution is 2.39. The van der Waals surface area contributed by atoms with Crippen molar-refractivity contribution >= 4 is 27.8 Å². The van der Waals surface area contributed by atoms with E-state index in [9.17, 15) is 10.1 Å². The molecule has 0 radical (unpaired) electrons. The lowest BCUT2D eigenvalue weighted by Crippen LogP contribution is -2.21. The molecule has 1 aliphatic rings. The van der Waals surface area contributed by atoms with Gasteiger partial charge in [-0.25, -0.2) is 0 Å². The zero-order chi connectivity index (χ0) is 13.3. The number of nitriles is 1. The lowest BCUT2D eigenvalue weighted by atomic mass is 10.2. The van der Waals surface area contributed by atoms with Crippen LogP contribution in [-0.2, 0) is 4.74 Å². The number of nitrogen functional groups attached to an aromatic ring is 1. The van der Waals surface area contributed by atoms with Crippen LogP contribution < -0.4 is 10.6 Å². The Balaban J connectivity index is 2.37. The molecule has 0 amide bonds. The second kappa shape index (κ2) is 4.96. The number of hydrogen-bond donors (Lipinski definition) is 1. The third kappa shape index (κ3) is 2.07. The predicted octanol–water partition coefficient (Wildman–Crippen LogP) is 1.63. The average molecular weight is 265 g/mol. The first kappa shape index (κ1) is 12.9. The second-order valence-electron chi connectivity index (χ2n) is 4.29. The monoisotopic (exact) mass is 265 g/mol. The van der Waals surface area contributed by atoms with Crippen molar-refractivity contribution in [1.82, 2.24) is 0 Å². The first-order chi connectivity index (χ1) is 8.58. The number of Topliss-reactive ketones (excluding diaryl/α,β-unsaturated/α-hetero) is 1. The van der Waals surface area contributed by atoms with Gasteiger partial charge in [-0.15, -0.1) is 11.3 Å². The number of nitrogens with two attached hydrogens (primary N) is 1. The van der Waals surface area contributed by atoms with Gasteiger partial charge in [-0.2, -0.15) is 5.26 Å². The van der Waals surface area contributed by atoms with E-state index in [2.05, 4.69) is 11.0 Å². The maximum Gasteiger partial charge on any atom is 0.171 e. The number of ketones is 1. The number of rotatable bonds is 3. The molecular formula is C12H15N3O2S. The van der Waals surface area contributed by atoms with Crippen LogP contribution in [0.1, 0.15) is 28.6 Å². The molecule has 2 heterocycles. The summed E-state index contributed by atoms with van der Waals surface area (Å²) in [5.41, 5.74) is 6.59. The molecule has 1 unspecified atom stereocenters. The third-order valence-electron chi connectivity index (χ3n) is 3.12. The lowest BCUT2D eigenvalue weighted by molar-refractivity contribution is 0.102. The van der Waals surface area contributed by atoms with E-state index in [4.69, 9.17) is 10.5 Å². The molecule has 96 valence electrons. The van der Waals surface area contributed by atoms with Gasteiger partial charge in [0, 0.05) is 27.1 Å². The van der Waals surface area contributed by atoms with Crippen molar-refractivity contribution in [1.29, 1.82) is 5.26 Å². The molecule has 1 aromatic heterocycles. The Hall–Kier alpha value is -1.58. The van der Waals surface area contributed by atoms with Gasteiger partial charge < -0.3 is 15.4 Å². The summed E-state index contributed by atoms with van der Waals surface area (Å²) < 4.78 is 5.30. The van der Waals surface area contributed by atoms with E-state index in [1.165, 1.54) is 18.3 Å². The van der Waals surface area contributed by atoms with Gasteiger partial charge in [0.25, 0.3) is 0 Å². The highest BCUT2D eigenvalue weighted by Gasteiger charge is 2.28. The van der Waals surface area contributed by atoms with Crippen LogP contribution in [0, 0.1) is 11.3 Å². The molecule has 1 fully saturated rings. The van der Waals surface area contributed by atoms with Gasteiger partial charge in [-0.3, -0.25) is 4.79 Å². The molecule has 0 spiro atoms. The van der Waals surface area contributed by atoms with Crippen molar-refractivity contribution in [3.63, 3.8) is 0 Å². The Morgan fingerprint density at radius 2 is 2.39 bits per heavy atom. The maximum atomic E-state index is 11.5. The highest BCUT2D eigenvalue weighted by molar-refractivity contribution is 7.19. The third-order valence-corrected chi connectivity index (χ3v) is 4.49. The van der Waals surface area contributed by atoms with Crippen LogP contribution >= 0.6 is 11.3 Å². The summed E-state index contributed by atoms with van der Waals surface area (Å²) in [6, 6.07) is 2.10. The van der Waals surface area contributed by atoms with Crippen LogP contribution in [0.4, 0.5) is 10.7 Å². The minimum atomic E-state index is -0.0947. The molecule has 0 saturated carbocycles.